The van der Waals surface area contributed by atoms with Gasteiger partial charge in [-0.25, -0.2) is 9.31 Å². The van der Waals surface area contributed by atoms with Crippen LogP contribution in [0.5, 0.6) is 0 Å². The van der Waals surface area contributed by atoms with E-state index in [1.807, 2.05) is 54.4 Å². The number of rotatable bonds is 5. The van der Waals surface area contributed by atoms with Crippen LogP contribution in [0.1, 0.15) is 48.5 Å². The third-order valence-corrected chi connectivity index (χ3v) is 8.11. The maximum absolute atomic E-state index is 13.2. The van der Waals surface area contributed by atoms with E-state index in [1.165, 1.54) is 6.42 Å². The van der Waals surface area contributed by atoms with Gasteiger partial charge in [0.25, 0.3) is 5.91 Å². The van der Waals surface area contributed by atoms with Crippen LogP contribution in [0.3, 0.4) is 0 Å². The molecule has 2 N–H and O–H groups in total. The van der Waals surface area contributed by atoms with Crippen LogP contribution in [-0.2, 0) is 4.74 Å². The summed E-state index contributed by atoms with van der Waals surface area (Å²) in [5, 5.41) is 11.4. The summed E-state index contributed by atoms with van der Waals surface area (Å²) in [5.41, 5.74) is 4.66. The largest absolute Gasteiger partial charge is 0.450 e. The molecule has 3 aromatic rings. The molecule has 10 nitrogen and oxygen atoms in total. The normalized spacial score (nSPS) is 21.3. The monoisotopic (exact) mass is 529 g/mol. The van der Waals surface area contributed by atoms with Crippen molar-refractivity contribution in [3.05, 3.63) is 59.8 Å². The number of carbonyl (C=O) groups is 2. The van der Waals surface area contributed by atoms with Crippen LogP contribution in [0, 0.1) is 5.41 Å². The molecular formula is C29H35N7O3. The lowest BCUT2D eigenvalue weighted by Gasteiger charge is -2.40. The molecule has 3 aliphatic heterocycles. The number of anilines is 2. The van der Waals surface area contributed by atoms with Gasteiger partial charge in [0.15, 0.2) is 5.65 Å². The minimum Gasteiger partial charge on any atom is -0.450 e. The van der Waals surface area contributed by atoms with Crippen molar-refractivity contribution >= 4 is 34.9 Å². The second-order valence-corrected chi connectivity index (χ2v) is 10.7. The Morgan fingerprint density at radius 1 is 1.13 bits per heavy atom. The Kier molecular flexibility index (Phi) is 6.95. The van der Waals surface area contributed by atoms with E-state index in [2.05, 4.69) is 21.8 Å². The first-order chi connectivity index (χ1) is 19.0. The number of benzene rings is 1. The number of hydrogen-bond donors (Lipinski definition) is 2. The fourth-order valence-electron chi connectivity index (χ4n) is 6.04. The lowest BCUT2D eigenvalue weighted by molar-refractivity contribution is 0.0553. The molecule has 0 radical (unpaired) electrons. The maximum Gasteiger partial charge on any atom is 0.410 e. The lowest BCUT2D eigenvalue weighted by atomic mass is 9.79. The summed E-state index contributed by atoms with van der Waals surface area (Å²) in [4.78, 5) is 33.7. The van der Waals surface area contributed by atoms with Gasteiger partial charge in [0.2, 0.25) is 5.95 Å². The van der Waals surface area contributed by atoms with Gasteiger partial charge in [-0.3, -0.25) is 4.79 Å². The second-order valence-electron chi connectivity index (χ2n) is 10.7. The number of amides is 2. The smallest absolute Gasteiger partial charge is 0.410 e. The molecule has 6 rings (SSSR count). The molecule has 2 aromatic heterocycles. The van der Waals surface area contributed by atoms with Crippen LogP contribution in [-0.4, -0.2) is 82.3 Å². The number of piperidine rings is 1. The first-order valence-corrected chi connectivity index (χ1v) is 13.9. The summed E-state index contributed by atoms with van der Waals surface area (Å²) < 4.78 is 6.89. The molecule has 2 saturated heterocycles. The number of ether oxygens (including phenoxy) is 1. The zero-order valence-corrected chi connectivity index (χ0v) is 22.4. The van der Waals surface area contributed by atoms with Crippen LogP contribution in [0.4, 0.5) is 16.4 Å². The highest BCUT2D eigenvalue weighted by atomic mass is 16.6. The van der Waals surface area contributed by atoms with Crippen LogP contribution >= 0.6 is 0 Å². The molecule has 0 aliphatic carbocycles. The van der Waals surface area contributed by atoms with Crippen LogP contribution in [0.2, 0.25) is 0 Å². The van der Waals surface area contributed by atoms with E-state index >= 15 is 0 Å². The summed E-state index contributed by atoms with van der Waals surface area (Å²) in [6.45, 7) is 7.02. The average molecular weight is 530 g/mol. The number of carbonyl (C=O) groups excluding carboxylic acids is 2. The van der Waals surface area contributed by atoms with Crippen molar-refractivity contribution in [2.75, 3.05) is 51.2 Å². The van der Waals surface area contributed by atoms with Crippen molar-refractivity contribution in [1.29, 1.82) is 0 Å². The van der Waals surface area contributed by atoms with Gasteiger partial charge >= 0.3 is 6.09 Å². The fourth-order valence-corrected chi connectivity index (χ4v) is 6.04. The molecule has 1 atom stereocenters. The Morgan fingerprint density at radius 3 is 2.74 bits per heavy atom. The van der Waals surface area contributed by atoms with Crippen LogP contribution in [0.15, 0.2) is 48.7 Å². The summed E-state index contributed by atoms with van der Waals surface area (Å²) in [6.07, 6.45) is 7.78. The fraction of sp³-hybridized carbons (Fsp3) is 0.448. The number of hydrogen-bond acceptors (Lipinski definition) is 7. The first-order valence-electron chi connectivity index (χ1n) is 13.9. The zero-order chi connectivity index (χ0) is 26.8. The number of fused-ring (bicyclic) bond motifs is 1. The predicted octanol–water partition coefficient (Wildman–Crippen LogP) is 3.93. The molecular weight excluding hydrogens is 494 g/mol. The summed E-state index contributed by atoms with van der Waals surface area (Å²) >= 11 is 0. The van der Waals surface area contributed by atoms with E-state index in [0.29, 0.717) is 31.2 Å². The topological polar surface area (TPSA) is 104 Å². The van der Waals surface area contributed by atoms with Gasteiger partial charge in [0, 0.05) is 61.1 Å². The van der Waals surface area contributed by atoms with E-state index < -0.39 is 0 Å². The van der Waals surface area contributed by atoms with E-state index in [4.69, 9.17) is 9.72 Å². The molecule has 5 heterocycles. The molecule has 2 fully saturated rings. The van der Waals surface area contributed by atoms with Crippen molar-refractivity contribution in [1.82, 2.24) is 29.7 Å². The van der Waals surface area contributed by atoms with E-state index in [9.17, 15) is 9.59 Å². The van der Waals surface area contributed by atoms with Gasteiger partial charge < -0.3 is 25.2 Å². The summed E-state index contributed by atoms with van der Waals surface area (Å²) in [7, 11) is 0. The van der Waals surface area contributed by atoms with Crippen molar-refractivity contribution in [3.63, 3.8) is 0 Å². The number of nitrogens with zero attached hydrogens (tertiary/aromatic N) is 5. The predicted molar refractivity (Wildman–Crippen MR) is 149 cm³/mol. The van der Waals surface area contributed by atoms with Gasteiger partial charge in [0.1, 0.15) is 0 Å². The Bertz CT molecular complexity index is 1390. The van der Waals surface area contributed by atoms with Gasteiger partial charge in [-0.1, -0.05) is 6.08 Å². The molecule has 0 saturated carbocycles. The number of aromatic nitrogens is 3. The van der Waals surface area contributed by atoms with E-state index in [-0.39, 0.29) is 17.4 Å². The molecule has 1 unspecified atom stereocenters. The number of pyridine rings is 1. The molecule has 3 aliphatic rings. The Balaban J connectivity index is 1.14. The third-order valence-electron chi connectivity index (χ3n) is 8.11. The molecule has 0 bridgehead atoms. The highest BCUT2D eigenvalue weighted by molar-refractivity contribution is 5.94. The van der Waals surface area contributed by atoms with Crippen molar-refractivity contribution in [2.24, 2.45) is 5.41 Å². The quantitative estimate of drug-likeness (QED) is 0.516. The van der Waals surface area contributed by atoms with Crippen molar-refractivity contribution < 1.29 is 14.3 Å². The van der Waals surface area contributed by atoms with E-state index in [1.54, 1.807) is 9.42 Å². The molecule has 10 heteroatoms. The van der Waals surface area contributed by atoms with Crippen LogP contribution in [0.25, 0.3) is 11.2 Å². The first kappa shape index (κ1) is 25.4. The zero-order valence-electron chi connectivity index (χ0n) is 22.4. The number of nitrogens with one attached hydrogen (secondary N) is 2. The molecule has 1 aromatic carbocycles. The highest BCUT2D eigenvalue weighted by Crippen LogP contribution is 2.36. The molecule has 2 amide bonds. The van der Waals surface area contributed by atoms with Crippen LogP contribution < -0.4 is 10.6 Å². The standard InChI is InChI=1S/C29H35N7O3/c1-2-39-28(38)34-17-10-21(11-18-34)24-5-3-16-36-25(24)32-27(33-36)31-23-8-6-22(7-9-23)26(37)35-15-4-12-29(20-35)13-14-30-19-29/h3,5-10,16,30H,2,4,11-15,17-20H2,1H3,(H,31,33). The second kappa shape index (κ2) is 10.7. The van der Waals surface area contributed by atoms with Gasteiger partial charge in [-0.2, -0.15) is 4.98 Å². The summed E-state index contributed by atoms with van der Waals surface area (Å²) in [5.74, 6) is 0.586. The third kappa shape index (κ3) is 5.21. The Hall–Kier alpha value is -3.92. The Labute approximate surface area is 228 Å². The van der Waals surface area contributed by atoms with E-state index in [0.717, 1.165) is 67.9 Å². The molecule has 204 valence electrons. The average Bonchev–Trinajstić information content (AvgIpc) is 3.59. The maximum atomic E-state index is 13.2. The minimum absolute atomic E-state index is 0.102. The molecule has 39 heavy (non-hydrogen) atoms. The van der Waals surface area contributed by atoms with Crippen molar-refractivity contribution in [3.8, 4) is 0 Å². The summed E-state index contributed by atoms with van der Waals surface area (Å²) in [6, 6.07) is 11.6. The SMILES string of the molecule is CCOC(=O)N1CC=C(c2cccn3nc(Nc4ccc(C(=O)N5CCCC6(CCNC6)C5)cc4)nc23)CC1. The highest BCUT2D eigenvalue weighted by Gasteiger charge is 2.39. The van der Waals surface area contributed by atoms with Gasteiger partial charge in [-0.15, -0.1) is 5.10 Å². The Morgan fingerprint density at radius 2 is 2.00 bits per heavy atom. The van der Waals surface area contributed by atoms with Crippen molar-refractivity contribution in [2.45, 2.75) is 32.6 Å². The molecule has 1 spiro atoms. The van der Waals surface area contributed by atoms with Gasteiger partial charge in [0.05, 0.1) is 6.61 Å². The van der Waals surface area contributed by atoms with Gasteiger partial charge in [-0.05, 0) is 81.1 Å². The minimum atomic E-state index is -0.279. The lowest BCUT2D eigenvalue weighted by Crippen LogP contribution is -2.47. The number of likely N-dealkylation sites (tertiary alicyclic amines) is 1.